The lowest BCUT2D eigenvalue weighted by Crippen LogP contribution is -2.44. The smallest absolute Gasteiger partial charge is 0.424 e. The zero-order chi connectivity index (χ0) is 18.0. The number of rotatable bonds is 1. The number of imide groups is 1. The van der Waals surface area contributed by atoms with Gasteiger partial charge in [-0.3, -0.25) is 0 Å². The van der Waals surface area contributed by atoms with Crippen molar-refractivity contribution in [3.63, 3.8) is 0 Å². The molecule has 2 amide bonds. The number of ether oxygens (including phenoxy) is 2. The fourth-order valence-corrected chi connectivity index (χ4v) is 2.09. The van der Waals surface area contributed by atoms with Crippen molar-refractivity contribution in [2.45, 2.75) is 52.7 Å². The predicted octanol–water partition coefficient (Wildman–Crippen LogP) is 5.78. The third-order valence-corrected chi connectivity index (χ3v) is 3.11. The van der Waals surface area contributed by atoms with E-state index in [1.807, 2.05) is 0 Å². The van der Waals surface area contributed by atoms with E-state index in [1.54, 1.807) is 59.7 Å². The fraction of sp³-hybridized carbons (Fsp3) is 0.500. The van der Waals surface area contributed by atoms with E-state index < -0.39 is 23.4 Å². The Kier molecular flexibility index (Phi) is 6.10. The molecule has 1 aromatic rings. The van der Waals surface area contributed by atoms with Gasteiger partial charge < -0.3 is 9.47 Å². The van der Waals surface area contributed by atoms with Gasteiger partial charge in [-0.15, -0.1) is 0 Å². The third-order valence-electron chi connectivity index (χ3n) is 2.30. The molecule has 1 rings (SSSR count). The van der Waals surface area contributed by atoms with Crippen LogP contribution in [-0.4, -0.2) is 23.4 Å². The quantitative estimate of drug-likeness (QED) is 0.593. The van der Waals surface area contributed by atoms with E-state index in [-0.39, 0.29) is 10.7 Å². The number of benzene rings is 1. The summed E-state index contributed by atoms with van der Waals surface area (Å²) in [6, 6.07) is 4.83. The first-order valence-electron chi connectivity index (χ1n) is 7.01. The van der Waals surface area contributed by atoms with Gasteiger partial charge in [0.05, 0.1) is 10.7 Å². The zero-order valence-electron chi connectivity index (χ0n) is 14.1. The van der Waals surface area contributed by atoms with Gasteiger partial charge in [0.1, 0.15) is 11.2 Å². The van der Waals surface area contributed by atoms with Crippen molar-refractivity contribution in [3.8, 4) is 0 Å². The molecule has 0 fully saturated rings. The van der Waals surface area contributed by atoms with Crippen LogP contribution in [0.5, 0.6) is 0 Å². The molecule has 0 unspecified atom stereocenters. The number of hydrogen-bond acceptors (Lipinski definition) is 4. The van der Waals surface area contributed by atoms with Crippen LogP contribution >= 0.6 is 27.5 Å². The van der Waals surface area contributed by atoms with Gasteiger partial charge in [0, 0.05) is 4.47 Å². The SMILES string of the molecule is CC(C)(C)OC(=O)N(C(=O)OC(C)(C)C)c1cc(Br)ccc1Cl. The van der Waals surface area contributed by atoms with Crippen LogP contribution in [0.15, 0.2) is 22.7 Å². The van der Waals surface area contributed by atoms with Crippen LogP contribution in [0.1, 0.15) is 41.5 Å². The Balaban J connectivity index is 3.28. The number of carbonyl (C=O) groups excluding carboxylic acids is 2. The van der Waals surface area contributed by atoms with Gasteiger partial charge in [-0.1, -0.05) is 27.5 Å². The summed E-state index contributed by atoms with van der Waals surface area (Å²) in [5.74, 6) is 0. The van der Waals surface area contributed by atoms with Gasteiger partial charge in [-0.25, -0.2) is 9.59 Å². The van der Waals surface area contributed by atoms with Crippen molar-refractivity contribution in [3.05, 3.63) is 27.7 Å². The highest BCUT2D eigenvalue weighted by atomic mass is 79.9. The Bertz CT molecular complexity index is 577. The molecule has 0 aliphatic heterocycles. The molecule has 0 aliphatic rings. The highest BCUT2D eigenvalue weighted by Crippen LogP contribution is 2.31. The molecule has 0 saturated heterocycles. The van der Waals surface area contributed by atoms with Crippen molar-refractivity contribution in [1.29, 1.82) is 0 Å². The average molecular weight is 407 g/mol. The highest BCUT2D eigenvalue weighted by molar-refractivity contribution is 9.10. The first kappa shape index (κ1) is 19.8. The van der Waals surface area contributed by atoms with Crippen LogP contribution < -0.4 is 4.90 Å². The first-order valence-corrected chi connectivity index (χ1v) is 8.18. The summed E-state index contributed by atoms with van der Waals surface area (Å²) in [4.78, 5) is 25.8. The van der Waals surface area contributed by atoms with E-state index in [1.165, 1.54) is 0 Å². The summed E-state index contributed by atoms with van der Waals surface area (Å²) in [6.45, 7) is 10.3. The normalized spacial score (nSPS) is 11.8. The molecule has 0 saturated carbocycles. The van der Waals surface area contributed by atoms with Gasteiger partial charge in [-0.05, 0) is 59.7 Å². The molecule has 0 N–H and O–H groups in total. The van der Waals surface area contributed by atoms with Crippen molar-refractivity contribution < 1.29 is 19.1 Å². The Morgan fingerprint density at radius 2 is 1.43 bits per heavy atom. The van der Waals surface area contributed by atoms with Crippen molar-refractivity contribution in [1.82, 2.24) is 0 Å². The lowest BCUT2D eigenvalue weighted by Gasteiger charge is -2.29. The molecule has 0 bridgehead atoms. The minimum Gasteiger partial charge on any atom is -0.443 e. The molecule has 0 heterocycles. The summed E-state index contributed by atoms with van der Waals surface area (Å²) in [5.41, 5.74) is -1.35. The molecule has 0 spiro atoms. The van der Waals surface area contributed by atoms with Crippen molar-refractivity contribution in [2.24, 2.45) is 0 Å². The Labute approximate surface area is 150 Å². The van der Waals surface area contributed by atoms with E-state index >= 15 is 0 Å². The maximum atomic E-state index is 12.5. The van der Waals surface area contributed by atoms with Crippen molar-refractivity contribution >= 4 is 45.4 Å². The molecule has 0 atom stereocenters. The molecule has 0 aromatic heterocycles. The van der Waals surface area contributed by atoms with E-state index in [0.717, 1.165) is 4.90 Å². The van der Waals surface area contributed by atoms with Crippen LogP contribution in [0.25, 0.3) is 0 Å². The molecule has 7 heteroatoms. The second kappa shape index (κ2) is 7.09. The number of nitrogens with zero attached hydrogens (tertiary/aromatic N) is 1. The van der Waals surface area contributed by atoms with Crippen LogP contribution in [0.2, 0.25) is 5.02 Å². The van der Waals surface area contributed by atoms with E-state index in [9.17, 15) is 9.59 Å². The maximum Gasteiger partial charge on any atom is 0.424 e. The first-order chi connectivity index (χ1) is 10.3. The largest absolute Gasteiger partial charge is 0.443 e. The topological polar surface area (TPSA) is 55.8 Å². The van der Waals surface area contributed by atoms with Gasteiger partial charge in [0.15, 0.2) is 0 Å². The second-order valence-electron chi connectivity index (χ2n) is 6.89. The number of amides is 2. The van der Waals surface area contributed by atoms with E-state index in [0.29, 0.717) is 4.47 Å². The molecule has 128 valence electrons. The van der Waals surface area contributed by atoms with Crippen LogP contribution in [-0.2, 0) is 9.47 Å². The Hall–Kier alpha value is -1.27. The molecular weight excluding hydrogens is 386 g/mol. The summed E-state index contributed by atoms with van der Waals surface area (Å²) in [5, 5.41) is 0.227. The Morgan fingerprint density at radius 3 is 1.83 bits per heavy atom. The predicted molar refractivity (Wildman–Crippen MR) is 94.1 cm³/mol. The number of anilines is 1. The molecule has 5 nitrogen and oxygen atoms in total. The Morgan fingerprint density at radius 1 is 1.00 bits per heavy atom. The maximum absolute atomic E-state index is 12.5. The second-order valence-corrected chi connectivity index (χ2v) is 8.21. The average Bonchev–Trinajstić information content (AvgIpc) is 2.29. The number of hydrogen-bond donors (Lipinski definition) is 0. The van der Waals surface area contributed by atoms with Crippen LogP contribution in [0.3, 0.4) is 0 Å². The monoisotopic (exact) mass is 405 g/mol. The minimum absolute atomic E-state index is 0.185. The van der Waals surface area contributed by atoms with Gasteiger partial charge in [0.2, 0.25) is 0 Å². The van der Waals surface area contributed by atoms with Gasteiger partial charge >= 0.3 is 12.2 Å². The van der Waals surface area contributed by atoms with Crippen molar-refractivity contribution in [2.75, 3.05) is 4.90 Å². The molecular formula is C16H21BrClNO4. The number of carbonyl (C=O) groups is 2. The third kappa shape index (κ3) is 6.39. The molecule has 0 radical (unpaired) electrons. The lowest BCUT2D eigenvalue weighted by atomic mass is 10.2. The fourth-order valence-electron chi connectivity index (χ4n) is 1.54. The summed E-state index contributed by atoms with van der Waals surface area (Å²) < 4.78 is 11.3. The van der Waals surface area contributed by atoms with Crippen LogP contribution in [0, 0.1) is 0 Å². The molecule has 0 aliphatic carbocycles. The van der Waals surface area contributed by atoms with E-state index in [2.05, 4.69) is 15.9 Å². The minimum atomic E-state index is -0.855. The summed E-state index contributed by atoms with van der Waals surface area (Å²) in [6.07, 6.45) is -1.71. The molecule has 23 heavy (non-hydrogen) atoms. The zero-order valence-corrected chi connectivity index (χ0v) is 16.4. The number of halogens is 2. The molecule has 1 aromatic carbocycles. The van der Waals surface area contributed by atoms with Crippen LogP contribution in [0.4, 0.5) is 15.3 Å². The standard InChI is InChI=1S/C16H21BrClNO4/c1-15(2,3)22-13(20)19(14(21)23-16(4,5)6)12-9-10(17)7-8-11(12)18/h7-9H,1-6H3. The summed E-state index contributed by atoms with van der Waals surface area (Å²) >= 11 is 9.44. The van der Waals surface area contributed by atoms with E-state index in [4.69, 9.17) is 21.1 Å². The summed E-state index contributed by atoms with van der Waals surface area (Å²) in [7, 11) is 0. The lowest BCUT2D eigenvalue weighted by molar-refractivity contribution is 0.0431. The highest BCUT2D eigenvalue weighted by Gasteiger charge is 2.33. The van der Waals surface area contributed by atoms with Gasteiger partial charge in [0.25, 0.3) is 0 Å². The van der Waals surface area contributed by atoms with Gasteiger partial charge in [-0.2, -0.15) is 4.90 Å².